The topological polar surface area (TPSA) is 24.9 Å². The van der Waals surface area contributed by atoms with E-state index in [0.29, 0.717) is 6.04 Å². The first-order valence-corrected chi connectivity index (χ1v) is 6.45. The molecule has 0 amide bonds. The van der Waals surface area contributed by atoms with Gasteiger partial charge in [-0.25, -0.2) is 0 Å². The molecule has 0 aliphatic carbocycles. The van der Waals surface area contributed by atoms with Crippen molar-refractivity contribution in [2.75, 3.05) is 6.54 Å². The average Bonchev–Trinajstić information content (AvgIpc) is 2.40. The minimum Gasteiger partial charge on any atom is -0.310 e. The minimum absolute atomic E-state index is 0.384. The first-order chi connectivity index (χ1) is 8.75. The normalized spacial score (nSPS) is 12.3. The van der Waals surface area contributed by atoms with Crippen molar-refractivity contribution in [3.63, 3.8) is 0 Å². The average molecular weight is 240 g/mol. The fourth-order valence-corrected chi connectivity index (χ4v) is 1.94. The van der Waals surface area contributed by atoms with Crippen molar-refractivity contribution in [1.29, 1.82) is 0 Å². The third kappa shape index (κ3) is 3.67. The van der Waals surface area contributed by atoms with Gasteiger partial charge in [-0.05, 0) is 31.5 Å². The number of nitrogens with zero attached hydrogens (tertiary/aromatic N) is 1. The highest BCUT2D eigenvalue weighted by atomic mass is 14.9. The Morgan fingerprint density at radius 2 is 1.89 bits per heavy atom. The highest BCUT2D eigenvalue weighted by Crippen LogP contribution is 2.12. The molecule has 0 saturated carbocycles. The molecule has 0 bridgehead atoms. The number of aryl methyl sites for hydroxylation is 1. The van der Waals surface area contributed by atoms with Crippen LogP contribution in [0.1, 0.15) is 29.8 Å². The fraction of sp³-hybridized carbons (Fsp3) is 0.312. The van der Waals surface area contributed by atoms with E-state index >= 15 is 0 Å². The standard InChI is InChI=1S/C16H20N2/c1-13-6-8-15(9-7-13)14(2)17-12-10-16-5-3-4-11-18-16/h3-9,11,14,17H,10,12H2,1-2H3/t14-/m0/s1. The van der Waals surface area contributed by atoms with E-state index in [-0.39, 0.29) is 0 Å². The van der Waals surface area contributed by atoms with Crippen molar-refractivity contribution in [2.45, 2.75) is 26.3 Å². The van der Waals surface area contributed by atoms with Crippen LogP contribution in [0, 0.1) is 6.92 Å². The maximum absolute atomic E-state index is 4.32. The van der Waals surface area contributed by atoms with Crippen LogP contribution in [0.5, 0.6) is 0 Å². The second-order valence-electron chi connectivity index (χ2n) is 4.66. The van der Waals surface area contributed by atoms with Gasteiger partial charge < -0.3 is 5.32 Å². The van der Waals surface area contributed by atoms with Gasteiger partial charge in [0, 0.05) is 30.9 Å². The second-order valence-corrected chi connectivity index (χ2v) is 4.66. The van der Waals surface area contributed by atoms with Crippen molar-refractivity contribution in [3.8, 4) is 0 Å². The summed E-state index contributed by atoms with van der Waals surface area (Å²) in [6.07, 6.45) is 2.82. The molecule has 2 aromatic rings. The van der Waals surface area contributed by atoms with Gasteiger partial charge in [0.05, 0.1) is 0 Å². The number of aromatic nitrogens is 1. The molecule has 0 aliphatic heterocycles. The van der Waals surface area contributed by atoms with E-state index in [1.165, 1.54) is 11.1 Å². The Labute approximate surface area is 109 Å². The van der Waals surface area contributed by atoms with E-state index < -0.39 is 0 Å². The highest BCUT2D eigenvalue weighted by molar-refractivity contribution is 5.23. The maximum Gasteiger partial charge on any atom is 0.0416 e. The Bertz CT molecular complexity index is 462. The maximum atomic E-state index is 4.32. The summed E-state index contributed by atoms with van der Waals surface area (Å²) < 4.78 is 0. The van der Waals surface area contributed by atoms with Crippen LogP contribution in [0.3, 0.4) is 0 Å². The Morgan fingerprint density at radius 3 is 2.56 bits per heavy atom. The molecule has 0 fully saturated rings. The Kier molecular flexibility index (Phi) is 4.48. The number of nitrogens with one attached hydrogen (secondary N) is 1. The van der Waals surface area contributed by atoms with Crippen LogP contribution < -0.4 is 5.32 Å². The summed E-state index contributed by atoms with van der Waals surface area (Å²) in [4.78, 5) is 4.32. The summed E-state index contributed by atoms with van der Waals surface area (Å²) >= 11 is 0. The molecule has 1 aromatic carbocycles. The number of rotatable bonds is 5. The van der Waals surface area contributed by atoms with Crippen LogP contribution in [-0.4, -0.2) is 11.5 Å². The van der Waals surface area contributed by atoms with Gasteiger partial charge in [-0.1, -0.05) is 35.9 Å². The van der Waals surface area contributed by atoms with Gasteiger partial charge in [0.2, 0.25) is 0 Å². The molecule has 1 heterocycles. The second kappa shape index (κ2) is 6.31. The molecule has 1 N–H and O–H groups in total. The van der Waals surface area contributed by atoms with E-state index in [9.17, 15) is 0 Å². The largest absolute Gasteiger partial charge is 0.310 e. The zero-order valence-corrected chi connectivity index (χ0v) is 11.1. The number of benzene rings is 1. The summed E-state index contributed by atoms with van der Waals surface area (Å²) in [7, 11) is 0. The molecule has 2 heteroatoms. The van der Waals surface area contributed by atoms with Crippen molar-refractivity contribution < 1.29 is 0 Å². The minimum atomic E-state index is 0.384. The molecule has 1 atom stereocenters. The summed E-state index contributed by atoms with van der Waals surface area (Å²) in [5, 5.41) is 3.53. The molecule has 0 saturated heterocycles. The fourth-order valence-electron chi connectivity index (χ4n) is 1.94. The number of hydrogen-bond acceptors (Lipinski definition) is 2. The summed E-state index contributed by atoms with van der Waals surface area (Å²) in [6, 6.07) is 15.1. The van der Waals surface area contributed by atoms with Gasteiger partial charge in [0.15, 0.2) is 0 Å². The van der Waals surface area contributed by atoms with Crippen molar-refractivity contribution in [3.05, 3.63) is 65.5 Å². The molecular formula is C16H20N2. The van der Waals surface area contributed by atoms with Gasteiger partial charge in [-0.2, -0.15) is 0 Å². The summed E-state index contributed by atoms with van der Waals surface area (Å²) in [5.74, 6) is 0. The first-order valence-electron chi connectivity index (χ1n) is 6.45. The quantitative estimate of drug-likeness (QED) is 0.867. The lowest BCUT2D eigenvalue weighted by atomic mass is 10.1. The monoisotopic (exact) mass is 240 g/mol. The lowest BCUT2D eigenvalue weighted by Crippen LogP contribution is -2.21. The van der Waals surface area contributed by atoms with Crippen LogP contribution in [0.4, 0.5) is 0 Å². The molecule has 0 aliphatic rings. The van der Waals surface area contributed by atoms with E-state index in [1.54, 1.807) is 0 Å². The molecule has 2 nitrogen and oxygen atoms in total. The van der Waals surface area contributed by atoms with Crippen molar-refractivity contribution in [2.24, 2.45) is 0 Å². The molecule has 0 unspecified atom stereocenters. The zero-order chi connectivity index (χ0) is 12.8. The van der Waals surface area contributed by atoms with E-state index in [1.807, 2.05) is 18.3 Å². The Hall–Kier alpha value is -1.67. The molecule has 2 rings (SSSR count). The number of pyridine rings is 1. The molecule has 94 valence electrons. The van der Waals surface area contributed by atoms with Crippen LogP contribution in [0.15, 0.2) is 48.7 Å². The van der Waals surface area contributed by atoms with Gasteiger partial charge in [0.1, 0.15) is 0 Å². The lowest BCUT2D eigenvalue weighted by molar-refractivity contribution is 0.574. The van der Waals surface area contributed by atoms with Gasteiger partial charge in [-0.15, -0.1) is 0 Å². The van der Waals surface area contributed by atoms with Crippen molar-refractivity contribution >= 4 is 0 Å². The lowest BCUT2D eigenvalue weighted by Gasteiger charge is -2.14. The van der Waals surface area contributed by atoms with E-state index in [4.69, 9.17) is 0 Å². The molecular weight excluding hydrogens is 220 g/mol. The third-order valence-corrected chi connectivity index (χ3v) is 3.14. The van der Waals surface area contributed by atoms with Crippen LogP contribution in [0.2, 0.25) is 0 Å². The molecule has 1 aromatic heterocycles. The van der Waals surface area contributed by atoms with Crippen molar-refractivity contribution in [1.82, 2.24) is 10.3 Å². The van der Waals surface area contributed by atoms with Gasteiger partial charge in [0.25, 0.3) is 0 Å². The Morgan fingerprint density at radius 1 is 1.11 bits per heavy atom. The van der Waals surface area contributed by atoms with Crippen LogP contribution >= 0.6 is 0 Å². The smallest absolute Gasteiger partial charge is 0.0416 e. The zero-order valence-electron chi connectivity index (χ0n) is 11.1. The van der Waals surface area contributed by atoms with E-state index in [0.717, 1.165) is 18.7 Å². The predicted octanol–water partition coefficient (Wildman–Crippen LogP) is 3.28. The van der Waals surface area contributed by atoms with Gasteiger partial charge in [-0.3, -0.25) is 4.98 Å². The first kappa shape index (κ1) is 12.8. The SMILES string of the molecule is Cc1ccc([C@H](C)NCCc2ccccn2)cc1. The predicted molar refractivity (Wildman–Crippen MR) is 75.5 cm³/mol. The summed E-state index contributed by atoms with van der Waals surface area (Å²) in [6.45, 7) is 5.26. The Balaban J connectivity index is 1.81. The molecule has 0 spiro atoms. The van der Waals surface area contributed by atoms with Crippen LogP contribution in [0.25, 0.3) is 0 Å². The summed E-state index contributed by atoms with van der Waals surface area (Å²) in [5.41, 5.74) is 3.78. The third-order valence-electron chi connectivity index (χ3n) is 3.14. The molecule has 0 radical (unpaired) electrons. The van der Waals surface area contributed by atoms with Crippen LogP contribution in [-0.2, 0) is 6.42 Å². The number of hydrogen-bond donors (Lipinski definition) is 1. The van der Waals surface area contributed by atoms with Gasteiger partial charge >= 0.3 is 0 Å². The highest BCUT2D eigenvalue weighted by Gasteiger charge is 2.03. The van der Waals surface area contributed by atoms with E-state index in [2.05, 4.69) is 54.5 Å². The molecule has 18 heavy (non-hydrogen) atoms.